The van der Waals surface area contributed by atoms with Crippen molar-refractivity contribution < 1.29 is 0 Å². The highest BCUT2D eigenvalue weighted by atomic mass is 14.8. The van der Waals surface area contributed by atoms with Gasteiger partial charge in [-0.15, -0.1) is 0 Å². The average Bonchev–Trinajstić information content (AvgIpc) is 1.99. The van der Waals surface area contributed by atoms with E-state index in [9.17, 15) is 0 Å². The summed E-state index contributed by atoms with van der Waals surface area (Å²) in [6, 6.07) is 0.460. The van der Waals surface area contributed by atoms with Crippen molar-refractivity contribution in [1.82, 2.24) is 0 Å². The second kappa shape index (κ2) is 2.06. The number of rotatable bonds is 0. The lowest BCUT2D eigenvalue weighted by molar-refractivity contribution is -0.189. The second-order valence-electron chi connectivity index (χ2n) is 5.73. The Morgan fingerprint density at radius 1 is 1.25 bits per heavy atom. The predicted octanol–water partition coefficient (Wildman–Crippen LogP) is 2.41. The first-order valence-corrected chi connectivity index (χ1v) is 5.15. The molecule has 3 rings (SSSR count). The topological polar surface area (TPSA) is 26.0 Å². The monoisotopic (exact) mass is 167 g/mol. The van der Waals surface area contributed by atoms with Crippen molar-refractivity contribution >= 4 is 0 Å². The smallest absolute Gasteiger partial charge is 0.00727 e. The van der Waals surface area contributed by atoms with Crippen molar-refractivity contribution in [2.75, 3.05) is 0 Å². The molecule has 4 unspecified atom stereocenters. The van der Waals surface area contributed by atoms with E-state index in [2.05, 4.69) is 27.7 Å². The molecule has 70 valence electrons. The molecule has 3 saturated carbocycles. The van der Waals surface area contributed by atoms with Crippen LogP contribution in [0.5, 0.6) is 0 Å². The van der Waals surface area contributed by atoms with Gasteiger partial charge in [0.05, 0.1) is 0 Å². The summed E-state index contributed by atoms with van der Waals surface area (Å²) in [7, 11) is 0. The lowest BCUT2D eigenvalue weighted by Gasteiger charge is -2.69. The zero-order chi connectivity index (χ0) is 9.15. The van der Waals surface area contributed by atoms with Crippen LogP contribution in [0.1, 0.15) is 40.5 Å². The van der Waals surface area contributed by atoms with Gasteiger partial charge in [0.2, 0.25) is 0 Å². The quantitative estimate of drug-likeness (QED) is 0.589. The van der Waals surface area contributed by atoms with Gasteiger partial charge < -0.3 is 5.73 Å². The fraction of sp³-hybridized carbons (Fsp3) is 1.00. The van der Waals surface area contributed by atoms with Crippen LogP contribution in [0, 0.1) is 22.7 Å². The predicted molar refractivity (Wildman–Crippen MR) is 51.8 cm³/mol. The Morgan fingerprint density at radius 3 is 2.25 bits per heavy atom. The molecule has 3 fully saturated rings. The third-order valence-corrected chi connectivity index (χ3v) is 5.37. The molecule has 0 heterocycles. The first-order chi connectivity index (χ1) is 5.39. The van der Waals surface area contributed by atoms with Crippen LogP contribution in [0.3, 0.4) is 0 Å². The molecule has 2 N–H and O–H groups in total. The minimum atomic E-state index is 0.460. The third kappa shape index (κ3) is 0.693. The van der Waals surface area contributed by atoms with E-state index in [1.54, 1.807) is 0 Å². The molecule has 4 atom stereocenters. The zero-order valence-electron chi connectivity index (χ0n) is 8.72. The Morgan fingerprint density at radius 2 is 1.83 bits per heavy atom. The van der Waals surface area contributed by atoms with Crippen LogP contribution in [0.2, 0.25) is 0 Å². The molecule has 1 heteroatoms. The Balaban J connectivity index is 2.30. The molecule has 0 radical (unpaired) electrons. The van der Waals surface area contributed by atoms with Gasteiger partial charge >= 0.3 is 0 Å². The normalized spacial score (nSPS) is 56.2. The summed E-state index contributed by atoms with van der Waals surface area (Å²) in [5.41, 5.74) is 7.17. The van der Waals surface area contributed by atoms with Gasteiger partial charge in [-0.2, -0.15) is 0 Å². The number of nitrogens with two attached hydrogens (primary N) is 1. The molecule has 0 saturated heterocycles. The maximum absolute atomic E-state index is 6.11. The van der Waals surface area contributed by atoms with Crippen LogP contribution in [0.25, 0.3) is 0 Å². The number of hydrogen-bond acceptors (Lipinski definition) is 1. The minimum absolute atomic E-state index is 0.460. The molecule has 3 aliphatic rings. The van der Waals surface area contributed by atoms with E-state index >= 15 is 0 Å². The molecule has 12 heavy (non-hydrogen) atoms. The van der Waals surface area contributed by atoms with E-state index < -0.39 is 0 Å². The number of hydrogen-bond donors (Lipinski definition) is 1. The summed E-state index contributed by atoms with van der Waals surface area (Å²) in [5, 5.41) is 0. The number of fused-ring (bicyclic) bond motifs is 2. The van der Waals surface area contributed by atoms with Gasteiger partial charge in [0.25, 0.3) is 0 Å². The van der Waals surface area contributed by atoms with Crippen LogP contribution < -0.4 is 5.73 Å². The first-order valence-electron chi connectivity index (χ1n) is 5.15. The highest BCUT2D eigenvalue weighted by Crippen LogP contribution is 2.69. The SMILES string of the molecule is CC1C(N)CC2CC1(C)C2(C)C. The first kappa shape index (κ1) is 8.55. The van der Waals surface area contributed by atoms with E-state index in [0.29, 0.717) is 22.8 Å². The van der Waals surface area contributed by atoms with E-state index in [1.165, 1.54) is 12.8 Å². The Bertz CT molecular complexity index is 207. The van der Waals surface area contributed by atoms with Crippen molar-refractivity contribution in [2.24, 2.45) is 28.4 Å². The van der Waals surface area contributed by atoms with Crippen LogP contribution in [0.15, 0.2) is 0 Å². The lowest BCUT2D eigenvalue weighted by Crippen LogP contribution is -2.65. The van der Waals surface area contributed by atoms with E-state index in [0.717, 1.165) is 5.92 Å². The van der Waals surface area contributed by atoms with E-state index in [-0.39, 0.29) is 0 Å². The summed E-state index contributed by atoms with van der Waals surface area (Å²) in [6.45, 7) is 9.60. The Labute approximate surface area is 75.7 Å². The summed E-state index contributed by atoms with van der Waals surface area (Å²) >= 11 is 0. The fourth-order valence-corrected chi connectivity index (χ4v) is 3.52. The Kier molecular flexibility index (Phi) is 1.47. The zero-order valence-corrected chi connectivity index (χ0v) is 8.72. The molecule has 0 amide bonds. The highest BCUT2D eigenvalue weighted by Gasteiger charge is 2.63. The van der Waals surface area contributed by atoms with Crippen LogP contribution in [-0.2, 0) is 0 Å². The van der Waals surface area contributed by atoms with Crippen molar-refractivity contribution in [3.05, 3.63) is 0 Å². The molecule has 0 aromatic rings. The summed E-state index contributed by atoms with van der Waals surface area (Å²) in [4.78, 5) is 0. The van der Waals surface area contributed by atoms with Crippen LogP contribution in [-0.4, -0.2) is 6.04 Å². The molecule has 0 aromatic carbocycles. The highest BCUT2D eigenvalue weighted by molar-refractivity contribution is 5.13. The van der Waals surface area contributed by atoms with Gasteiger partial charge in [-0.25, -0.2) is 0 Å². The largest absolute Gasteiger partial charge is 0.327 e. The molecule has 0 aromatic heterocycles. The summed E-state index contributed by atoms with van der Waals surface area (Å²) in [5.74, 6) is 1.60. The Hall–Kier alpha value is -0.0400. The minimum Gasteiger partial charge on any atom is -0.327 e. The van der Waals surface area contributed by atoms with Gasteiger partial charge in [0.15, 0.2) is 0 Å². The average molecular weight is 167 g/mol. The van der Waals surface area contributed by atoms with Crippen molar-refractivity contribution in [1.29, 1.82) is 0 Å². The van der Waals surface area contributed by atoms with Gasteiger partial charge in [0, 0.05) is 6.04 Å². The summed E-state index contributed by atoms with van der Waals surface area (Å²) < 4.78 is 0. The van der Waals surface area contributed by atoms with E-state index in [1.807, 2.05) is 0 Å². The second-order valence-corrected chi connectivity index (χ2v) is 5.73. The maximum atomic E-state index is 6.11. The molecule has 1 nitrogen and oxygen atoms in total. The van der Waals surface area contributed by atoms with Gasteiger partial charge in [-0.05, 0) is 35.5 Å². The van der Waals surface area contributed by atoms with Gasteiger partial charge in [-0.3, -0.25) is 0 Å². The fourth-order valence-electron chi connectivity index (χ4n) is 3.52. The molecule has 0 spiro atoms. The van der Waals surface area contributed by atoms with Crippen molar-refractivity contribution in [3.8, 4) is 0 Å². The van der Waals surface area contributed by atoms with E-state index in [4.69, 9.17) is 5.73 Å². The van der Waals surface area contributed by atoms with Crippen LogP contribution >= 0.6 is 0 Å². The third-order valence-electron chi connectivity index (χ3n) is 5.37. The van der Waals surface area contributed by atoms with Crippen LogP contribution in [0.4, 0.5) is 0 Å². The van der Waals surface area contributed by atoms with Gasteiger partial charge in [0.1, 0.15) is 0 Å². The van der Waals surface area contributed by atoms with Crippen molar-refractivity contribution in [3.63, 3.8) is 0 Å². The van der Waals surface area contributed by atoms with Crippen molar-refractivity contribution in [2.45, 2.75) is 46.6 Å². The van der Waals surface area contributed by atoms with Gasteiger partial charge in [-0.1, -0.05) is 27.7 Å². The standard InChI is InChI=1S/C11H21N/c1-7-9(12)5-8-6-11(7,4)10(8,2)3/h7-9H,5-6,12H2,1-4H3. The molecule has 3 aliphatic carbocycles. The molecule has 0 aliphatic heterocycles. The molecular formula is C11H21N. The molecular weight excluding hydrogens is 146 g/mol. The lowest BCUT2D eigenvalue weighted by atomic mass is 9.37. The summed E-state index contributed by atoms with van der Waals surface area (Å²) in [6.07, 6.45) is 2.67. The molecule has 2 bridgehead atoms. The maximum Gasteiger partial charge on any atom is 0.00727 e.